The Hall–Kier alpha value is -3.06. The van der Waals surface area contributed by atoms with E-state index in [0.29, 0.717) is 18.5 Å². The number of carbonyl (C=O) groups excluding carboxylic acids is 1. The summed E-state index contributed by atoms with van der Waals surface area (Å²) in [6, 6.07) is 15.3. The number of fused-ring (bicyclic) bond motifs is 2. The molecule has 0 unspecified atom stereocenters. The molecule has 148 valence electrons. The molecular formula is C22H21N3O3S. The van der Waals surface area contributed by atoms with E-state index in [2.05, 4.69) is 15.3 Å². The van der Waals surface area contributed by atoms with E-state index in [9.17, 15) is 13.2 Å². The maximum atomic E-state index is 12.6. The summed E-state index contributed by atoms with van der Waals surface area (Å²) in [7, 11) is -3.06. The Morgan fingerprint density at radius 2 is 2.00 bits per heavy atom. The summed E-state index contributed by atoms with van der Waals surface area (Å²) >= 11 is 0. The van der Waals surface area contributed by atoms with E-state index in [4.69, 9.17) is 0 Å². The SMILES string of the molecule is CS(=O)(=O)CCCC(=O)c1cccc2cc(NC3=NCc4cccnc43)ccc12. The van der Waals surface area contributed by atoms with Crippen LogP contribution in [0.3, 0.4) is 0 Å². The number of aliphatic imine (C=N–C) groups is 1. The van der Waals surface area contributed by atoms with E-state index in [0.717, 1.165) is 33.6 Å². The molecule has 0 bridgehead atoms. The van der Waals surface area contributed by atoms with Crippen molar-refractivity contribution in [1.82, 2.24) is 4.98 Å². The zero-order valence-electron chi connectivity index (χ0n) is 16.1. The van der Waals surface area contributed by atoms with Crippen LogP contribution in [-0.4, -0.2) is 37.0 Å². The number of sulfone groups is 1. The van der Waals surface area contributed by atoms with Gasteiger partial charge in [-0.3, -0.25) is 14.8 Å². The van der Waals surface area contributed by atoms with Gasteiger partial charge in [-0.1, -0.05) is 30.3 Å². The number of hydrogen-bond donors (Lipinski definition) is 1. The maximum absolute atomic E-state index is 12.6. The summed E-state index contributed by atoms with van der Waals surface area (Å²) < 4.78 is 22.6. The van der Waals surface area contributed by atoms with Crippen LogP contribution in [0.5, 0.6) is 0 Å². The van der Waals surface area contributed by atoms with Crippen molar-refractivity contribution in [3.05, 3.63) is 71.5 Å². The molecule has 7 heteroatoms. The van der Waals surface area contributed by atoms with Crippen molar-refractivity contribution >= 4 is 37.9 Å². The lowest BCUT2D eigenvalue weighted by molar-refractivity contribution is 0.0983. The van der Waals surface area contributed by atoms with E-state index in [1.807, 2.05) is 42.5 Å². The highest BCUT2D eigenvalue weighted by Gasteiger charge is 2.17. The highest BCUT2D eigenvalue weighted by atomic mass is 32.2. The third kappa shape index (κ3) is 4.35. The lowest BCUT2D eigenvalue weighted by Crippen LogP contribution is -2.13. The van der Waals surface area contributed by atoms with Gasteiger partial charge in [0.2, 0.25) is 0 Å². The first kappa shape index (κ1) is 19.3. The molecule has 2 aromatic carbocycles. The highest BCUT2D eigenvalue weighted by molar-refractivity contribution is 7.90. The third-order valence-electron chi connectivity index (χ3n) is 4.89. The Morgan fingerprint density at radius 1 is 1.14 bits per heavy atom. The van der Waals surface area contributed by atoms with Gasteiger partial charge >= 0.3 is 0 Å². The second kappa shape index (κ2) is 7.75. The van der Waals surface area contributed by atoms with E-state index < -0.39 is 9.84 Å². The van der Waals surface area contributed by atoms with Crippen LogP contribution in [0.4, 0.5) is 5.69 Å². The number of carbonyl (C=O) groups is 1. The summed E-state index contributed by atoms with van der Waals surface area (Å²) in [5.74, 6) is 0.723. The largest absolute Gasteiger partial charge is 0.339 e. The molecule has 0 radical (unpaired) electrons. The standard InChI is InChI=1S/C22H21N3O3S/c1-29(27,28)12-4-8-20(26)19-7-2-5-15-13-17(9-10-18(15)19)25-22-21-16(14-24-22)6-3-11-23-21/h2-3,5-7,9-11,13H,4,8,12,14H2,1H3,(H,24,25). The monoisotopic (exact) mass is 407 g/mol. The quantitative estimate of drug-likeness (QED) is 0.631. The normalized spacial score (nSPS) is 13.2. The van der Waals surface area contributed by atoms with Crippen molar-refractivity contribution < 1.29 is 13.2 Å². The molecule has 0 saturated carbocycles. The van der Waals surface area contributed by atoms with E-state index in [1.165, 1.54) is 6.26 Å². The third-order valence-corrected chi connectivity index (χ3v) is 5.92. The number of benzene rings is 2. The molecule has 4 rings (SSSR count). The fourth-order valence-electron chi connectivity index (χ4n) is 3.49. The molecule has 0 fully saturated rings. The number of amidine groups is 1. The molecule has 0 spiro atoms. The number of nitrogens with one attached hydrogen (secondary N) is 1. The number of pyridine rings is 1. The van der Waals surface area contributed by atoms with Gasteiger partial charge in [0.15, 0.2) is 11.6 Å². The predicted octanol–water partition coefficient (Wildman–Crippen LogP) is 3.61. The molecule has 2 heterocycles. The highest BCUT2D eigenvalue weighted by Crippen LogP contribution is 2.25. The first-order valence-electron chi connectivity index (χ1n) is 9.40. The fraction of sp³-hybridized carbons (Fsp3) is 0.227. The predicted molar refractivity (Wildman–Crippen MR) is 115 cm³/mol. The number of rotatable bonds is 6. The smallest absolute Gasteiger partial charge is 0.163 e. The van der Waals surface area contributed by atoms with Gasteiger partial charge in [0.05, 0.1) is 12.3 Å². The van der Waals surface area contributed by atoms with Crippen LogP contribution in [-0.2, 0) is 16.4 Å². The van der Waals surface area contributed by atoms with Crippen LogP contribution in [0.15, 0.2) is 59.7 Å². The van der Waals surface area contributed by atoms with E-state index in [-0.39, 0.29) is 18.0 Å². The second-order valence-corrected chi connectivity index (χ2v) is 9.46. The number of ketones is 1. The number of nitrogens with zero attached hydrogens (tertiary/aromatic N) is 2. The zero-order valence-corrected chi connectivity index (χ0v) is 16.9. The number of anilines is 1. The van der Waals surface area contributed by atoms with E-state index >= 15 is 0 Å². The van der Waals surface area contributed by atoms with Gasteiger partial charge in [0.25, 0.3) is 0 Å². The molecule has 0 saturated heterocycles. The van der Waals surface area contributed by atoms with Crippen LogP contribution in [0.25, 0.3) is 10.8 Å². The van der Waals surface area contributed by atoms with Crippen molar-refractivity contribution in [3.8, 4) is 0 Å². The zero-order chi connectivity index (χ0) is 20.4. The van der Waals surface area contributed by atoms with Gasteiger partial charge in [-0.15, -0.1) is 0 Å². The van der Waals surface area contributed by atoms with E-state index in [1.54, 1.807) is 12.3 Å². The Labute approximate surface area is 169 Å². The van der Waals surface area contributed by atoms with Crippen LogP contribution < -0.4 is 5.32 Å². The summed E-state index contributed by atoms with van der Waals surface area (Å²) in [4.78, 5) is 21.5. The fourth-order valence-corrected chi connectivity index (χ4v) is 4.16. The van der Waals surface area contributed by atoms with Gasteiger partial charge in [0, 0.05) is 35.7 Å². The van der Waals surface area contributed by atoms with Crippen LogP contribution >= 0.6 is 0 Å². The van der Waals surface area contributed by atoms with Crippen LogP contribution in [0.2, 0.25) is 0 Å². The van der Waals surface area contributed by atoms with Crippen molar-refractivity contribution in [2.75, 3.05) is 17.3 Å². The average Bonchev–Trinajstić information content (AvgIpc) is 3.09. The minimum absolute atomic E-state index is 0.0230. The maximum Gasteiger partial charge on any atom is 0.163 e. The number of aromatic nitrogens is 1. The lowest BCUT2D eigenvalue weighted by Gasteiger charge is -2.10. The summed E-state index contributed by atoms with van der Waals surface area (Å²) in [5.41, 5.74) is 3.45. The molecule has 29 heavy (non-hydrogen) atoms. The van der Waals surface area contributed by atoms with Crippen molar-refractivity contribution in [1.29, 1.82) is 0 Å². The molecule has 1 aliphatic heterocycles. The Bertz CT molecular complexity index is 1230. The van der Waals surface area contributed by atoms with Gasteiger partial charge in [0.1, 0.15) is 15.5 Å². The topological polar surface area (TPSA) is 88.5 Å². The van der Waals surface area contributed by atoms with Gasteiger partial charge in [-0.05, 0) is 35.4 Å². The summed E-state index contributed by atoms with van der Waals surface area (Å²) in [5, 5.41) is 5.11. The van der Waals surface area contributed by atoms with Crippen molar-refractivity contribution in [3.63, 3.8) is 0 Å². The van der Waals surface area contributed by atoms with Crippen molar-refractivity contribution in [2.45, 2.75) is 19.4 Å². The Balaban J connectivity index is 1.54. The van der Waals surface area contributed by atoms with Gasteiger partial charge in [-0.2, -0.15) is 0 Å². The minimum atomic E-state index is -3.06. The molecule has 1 aliphatic rings. The number of Topliss-reactive ketones (excluding diaryl/α,β-unsaturated/α-hetero) is 1. The molecule has 0 amide bonds. The first-order valence-corrected chi connectivity index (χ1v) is 11.5. The van der Waals surface area contributed by atoms with Crippen LogP contribution in [0, 0.1) is 0 Å². The Kier molecular flexibility index (Phi) is 5.15. The second-order valence-electron chi connectivity index (χ2n) is 7.20. The molecule has 1 N–H and O–H groups in total. The average molecular weight is 407 g/mol. The van der Waals surface area contributed by atoms with Gasteiger partial charge in [-0.25, -0.2) is 8.42 Å². The number of hydrogen-bond acceptors (Lipinski definition) is 6. The molecule has 0 aliphatic carbocycles. The van der Waals surface area contributed by atoms with Gasteiger partial charge < -0.3 is 5.32 Å². The Morgan fingerprint density at radius 3 is 2.83 bits per heavy atom. The van der Waals surface area contributed by atoms with Crippen LogP contribution in [0.1, 0.15) is 34.5 Å². The summed E-state index contributed by atoms with van der Waals surface area (Å²) in [6.45, 7) is 0.616. The summed E-state index contributed by atoms with van der Waals surface area (Å²) in [6.07, 6.45) is 3.49. The molecule has 6 nitrogen and oxygen atoms in total. The minimum Gasteiger partial charge on any atom is -0.339 e. The molecular weight excluding hydrogens is 386 g/mol. The lowest BCUT2D eigenvalue weighted by atomic mass is 9.99. The molecule has 0 atom stereocenters. The van der Waals surface area contributed by atoms with Crippen molar-refractivity contribution in [2.24, 2.45) is 4.99 Å². The molecule has 1 aromatic heterocycles. The first-order chi connectivity index (χ1) is 13.9. The molecule has 3 aromatic rings.